The van der Waals surface area contributed by atoms with E-state index in [-0.39, 0.29) is 12.5 Å². The lowest BCUT2D eigenvalue weighted by atomic mass is 10.0. The molecule has 1 N–H and O–H groups in total. The van der Waals surface area contributed by atoms with Gasteiger partial charge >= 0.3 is 0 Å². The van der Waals surface area contributed by atoms with E-state index in [1.807, 2.05) is 60.0 Å². The number of hydrogen-bond donors (Lipinski definition) is 1. The van der Waals surface area contributed by atoms with Crippen molar-refractivity contribution in [3.05, 3.63) is 89.8 Å². The van der Waals surface area contributed by atoms with Crippen LogP contribution in [-0.4, -0.2) is 17.5 Å². The summed E-state index contributed by atoms with van der Waals surface area (Å²) in [7, 11) is 0. The molecule has 0 radical (unpaired) electrons. The molecule has 150 valence electrons. The zero-order valence-corrected chi connectivity index (χ0v) is 17.5. The number of rotatable bonds is 7. The average molecular weight is 415 g/mol. The van der Waals surface area contributed by atoms with Crippen molar-refractivity contribution in [1.82, 2.24) is 4.98 Å². The quantitative estimate of drug-likeness (QED) is 0.400. The third-order valence-corrected chi connectivity index (χ3v) is 5.50. The smallest absolute Gasteiger partial charge is 0.264 e. The predicted molar refractivity (Wildman–Crippen MR) is 123 cm³/mol. The van der Waals surface area contributed by atoms with Crippen LogP contribution in [0.2, 0.25) is 0 Å². The number of amides is 1. The first-order chi connectivity index (χ1) is 14.7. The van der Waals surface area contributed by atoms with Crippen LogP contribution in [0.5, 0.6) is 5.75 Å². The average Bonchev–Trinajstić information content (AvgIpc) is 3.27. The highest BCUT2D eigenvalue weighted by Crippen LogP contribution is 2.27. The summed E-state index contributed by atoms with van der Waals surface area (Å²) in [6.45, 7) is 2.05. The number of ether oxygens (including phenoxy) is 1. The molecular formula is C25H22N2O2S. The Bertz CT molecular complexity index is 1100. The van der Waals surface area contributed by atoms with E-state index in [1.54, 1.807) is 0 Å². The van der Waals surface area contributed by atoms with Crippen LogP contribution >= 0.6 is 11.3 Å². The van der Waals surface area contributed by atoms with Gasteiger partial charge in [-0.2, -0.15) is 0 Å². The number of carbonyl (C=O) groups is 1. The summed E-state index contributed by atoms with van der Waals surface area (Å²) in [5.41, 5.74) is 5.43. The molecule has 0 spiro atoms. The fourth-order valence-electron chi connectivity index (χ4n) is 3.05. The van der Waals surface area contributed by atoms with E-state index in [2.05, 4.69) is 41.5 Å². The van der Waals surface area contributed by atoms with E-state index in [0.717, 1.165) is 23.2 Å². The summed E-state index contributed by atoms with van der Waals surface area (Å²) in [4.78, 5) is 16.7. The van der Waals surface area contributed by atoms with Crippen LogP contribution in [0.25, 0.3) is 22.4 Å². The second kappa shape index (κ2) is 9.37. The summed E-state index contributed by atoms with van der Waals surface area (Å²) < 4.78 is 5.55. The van der Waals surface area contributed by atoms with Crippen molar-refractivity contribution in [3.63, 3.8) is 0 Å². The molecule has 0 saturated heterocycles. The normalized spacial score (nSPS) is 10.6. The number of carbonyl (C=O) groups excluding carboxylic acids is 1. The molecule has 5 heteroatoms. The zero-order chi connectivity index (χ0) is 20.8. The fourth-order valence-corrected chi connectivity index (χ4v) is 3.79. The molecule has 0 aliphatic carbocycles. The van der Waals surface area contributed by atoms with E-state index in [4.69, 9.17) is 4.74 Å². The minimum absolute atomic E-state index is 0.0494. The maximum Gasteiger partial charge on any atom is 0.264 e. The molecule has 0 fully saturated rings. The standard InChI is InChI=1S/C25H22N2O2S/c1-2-18-8-14-22(15-9-18)29-16-24(28)27-25-26-23(17-30-25)21-12-10-20(11-13-21)19-6-4-3-5-7-19/h3-15,17H,2,16H2,1H3,(H,26,27,28). The van der Waals surface area contributed by atoms with E-state index in [9.17, 15) is 4.79 Å². The van der Waals surface area contributed by atoms with E-state index in [0.29, 0.717) is 10.9 Å². The number of nitrogens with zero attached hydrogens (tertiary/aromatic N) is 1. The summed E-state index contributed by atoms with van der Waals surface area (Å²) in [5, 5.41) is 5.31. The molecule has 0 atom stereocenters. The second-order valence-electron chi connectivity index (χ2n) is 6.82. The predicted octanol–water partition coefficient (Wildman–Crippen LogP) is 6.06. The van der Waals surface area contributed by atoms with Crippen LogP contribution in [0.1, 0.15) is 12.5 Å². The van der Waals surface area contributed by atoms with Crippen LogP contribution in [-0.2, 0) is 11.2 Å². The van der Waals surface area contributed by atoms with Crippen LogP contribution < -0.4 is 10.1 Å². The fraction of sp³-hybridized carbons (Fsp3) is 0.120. The van der Waals surface area contributed by atoms with Gasteiger partial charge in [-0.1, -0.05) is 73.7 Å². The molecule has 0 unspecified atom stereocenters. The van der Waals surface area contributed by atoms with Gasteiger partial charge in [0.15, 0.2) is 11.7 Å². The number of nitrogens with one attached hydrogen (secondary N) is 1. The van der Waals surface area contributed by atoms with Crippen molar-refractivity contribution < 1.29 is 9.53 Å². The van der Waals surface area contributed by atoms with Gasteiger partial charge in [0.05, 0.1) is 5.69 Å². The largest absolute Gasteiger partial charge is 0.484 e. The third-order valence-electron chi connectivity index (χ3n) is 4.74. The number of hydrogen-bond acceptors (Lipinski definition) is 4. The Labute approximate surface area is 180 Å². The van der Waals surface area contributed by atoms with Gasteiger partial charge in [0, 0.05) is 10.9 Å². The molecular weight excluding hydrogens is 392 g/mol. The summed E-state index contributed by atoms with van der Waals surface area (Å²) in [6, 6.07) is 26.3. The molecule has 0 saturated carbocycles. The number of anilines is 1. The van der Waals surface area contributed by atoms with Gasteiger partial charge in [-0.05, 0) is 35.2 Å². The molecule has 1 aromatic heterocycles. The van der Waals surface area contributed by atoms with Crippen LogP contribution in [0.15, 0.2) is 84.2 Å². The van der Waals surface area contributed by atoms with Crippen molar-refractivity contribution in [2.75, 3.05) is 11.9 Å². The van der Waals surface area contributed by atoms with Crippen molar-refractivity contribution in [3.8, 4) is 28.1 Å². The highest BCUT2D eigenvalue weighted by Gasteiger charge is 2.09. The first-order valence-corrected chi connectivity index (χ1v) is 10.7. The number of thiazole rings is 1. The number of aryl methyl sites for hydroxylation is 1. The molecule has 4 aromatic rings. The molecule has 4 rings (SSSR count). The van der Waals surface area contributed by atoms with Gasteiger partial charge in [0.25, 0.3) is 5.91 Å². The van der Waals surface area contributed by atoms with Crippen molar-refractivity contribution in [2.24, 2.45) is 0 Å². The van der Waals surface area contributed by atoms with Gasteiger partial charge in [-0.15, -0.1) is 11.3 Å². The SMILES string of the molecule is CCc1ccc(OCC(=O)Nc2nc(-c3ccc(-c4ccccc4)cc3)cs2)cc1. The second-order valence-corrected chi connectivity index (χ2v) is 7.67. The first kappa shape index (κ1) is 19.9. The lowest BCUT2D eigenvalue weighted by molar-refractivity contribution is -0.118. The molecule has 1 heterocycles. The molecule has 30 heavy (non-hydrogen) atoms. The van der Waals surface area contributed by atoms with Crippen LogP contribution in [0, 0.1) is 0 Å². The topological polar surface area (TPSA) is 51.2 Å². The van der Waals surface area contributed by atoms with Crippen molar-refractivity contribution in [2.45, 2.75) is 13.3 Å². The van der Waals surface area contributed by atoms with Crippen molar-refractivity contribution >= 4 is 22.4 Å². The number of aromatic nitrogens is 1. The highest BCUT2D eigenvalue weighted by molar-refractivity contribution is 7.14. The van der Waals surface area contributed by atoms with Gasteiger partial charge in [-0.3, -0.25) is 10.1 Å². The minimum Gasteiger partial charge on any atom is -0.484 e. The highest BCUT2D eigenvalue weighted by atomic mass is 32.1. The zero-order valence-electron chi connectivity index (χ0n) is 16.7. The Morgan fingerprint density at radius 3 is 2.27 bits per heavy atom. The molecule has 0 aliphatic heterocycles. The Balaban J connectivity index is 1.34. The monoisotopic (exact) mass is 414 g/mol. The van der Waals surface area contributed by atoms with E-state index < -0.39 is 0 Å². The van der Waals surface area contributed by atoms with Gasteiger partial charge in [-0.25, -0.2) is 4.98 Å². The van der Waals surface area contributed by atoms with Crippen LogP contribution in [0.3, 0.4) is 0 Å². The maximum atomic E-state index is 12.2. The Kier molecular flexibility index (Phi) is 6.20. The Morgan fingerprint density at radius 1 is 0.900 bits per heavy atom. The Morgan fingerprint density at radius 2 is 1.57 bits per heavy atom. The third kappa shape index (κ3) is 4.93. The van der Waals surface area contributed by atoms with Gasteiger partial charge < -0.3 is 4.74 Å². The number of benzene rings is 3. The molecule has 3 aromatic carbocycles. The molecule has 4 nitrogen and oxygen atoms in total. The molecule has 0 bridgehead atoms. The van der Waals surface area contributed by atoms with Gasteiger partial charge in [0.2, 0.25) is 0 Å². The van der Waals surface area contributed by atoms with Crippen molar-refractivity contribution in [1.29, 1.82) is 0 Å². The summed E-state index contributed by atoms with van der Waals surface area (Å²) >= 11 is 1.40. The lowest BCUT2D eigenvalue weighted by Gasteiger charge is -2.06. The minimum atomic E-state index is -0.227. The van der Waals surface area contributed by atoms with E-state index >= 15 is 0 Å². The first-order valence-electron chi connectivity index (χ1n) is 9.84. The molecule has 0 aliphatic rings. The van der Waals surface area contributed by atoms with E-state index in [1.165, 1.54) is 22.5 Å². The lowest BCUT2D eigenvalue weighted by Crippen LogP contribution is -2.20. The summed E-state index contributed by atoms with van der Waals surface area (Å²) in [6.07, 6.45) is 0.974. The van der Waals surface area contributed by atoms with Crippen LogP contribution in [0.4, 0.5) is 5.13 Å². The molecule has 1 amide bonds. The maximum absolute atomic E-state index is 12.2. The van der Waals surface area contributed by atoms with Gasteiger partial charge in [0.1, 0.15) is 5.75 Å². The summed E-state index contributed by atoms with van der Waals surface area (Å²) in [5.74, 6) is 0.454. The Hall–Kier alpha value is -3.44.